The Labute approximate surface area is 136 Å². The van der Waals surface area contributed by atoms with Crippen molar-refractivity contribution in [3.63, 3.8) is 0 Å². The van der Waals surface area contributed by atoms with Crippen molar-refractivity contribution in [1.29, 1.82) is 0 Å². The van der Waals surface area contributed by atoms with Crippen molar-refractivity contribution < 1.29 is 19.2 Å². The maximum Gasteiger partial charge on any atom is 0.414 e. The molecule has 0 aromatic carbocycles. The number of thiophene rings is 1. The minimum absolute atomic E-state index is 0.0840. The Kier molecular flexibility index (Phi) is 5.83. The predicted molar refractivity (Wildman–Crippen MR) is 85.5 cm³/mol. The van der Waals surface area contributed by atoms with Gasteiger partial charge in [-0.1, -0.05) is 0 Å². The first-order chi connectivity index (χ1) is 11.0. The third kappa shape index (κ3) is 4.60. The minimum Gasteiger partial charge on any atom is -0.450 e. The molecule has 0 fully saturated rings. The number of carbonyl (C=O) groups excluding carboxylic acids is 2. The van der Waals surface area contributed by atoms with Crippen molar-refractivity contribution in [3.05, 3.63) is 27.6 Å². The van der Waals surface area contributed by atoms with Crippen molar-refractivity contribution in [2.75, 3.05) is 19.7 Å². The fourth-order valence-corrected chi connectivity index (χ4v) is 2.83. The summed E-state index contributed by atoms with van der Waals surface area (Å²) >= 11 is 1.34. The number of nitrogens with zero attached hydrogens (tertiary/aromatic N) is 1. The lowest BCUT2D eigenvalue weighted by atomic mass is 10.4. The van der Waals surface area contributed by atoms with Gasteiger partial charge in [-0.2, -0.15) is 0 Å². The molecule has 1 atom stereocenters. The minimum atomic E-state index is -0.751. The van der Waals surface area contributed by atoms with Crippen LogP contribution in [0.15, 0.2) is 16.2 Å². The second kappa shape index (κ2) is 7.84. The van der Waals surface area contributed by atoms with Gasteiger partial charge in [0.15, 0.2) is 12.4 Å². The number of hydrogen-bond donors (Lipinski definition) is 3. The number of nitrogens with one attached hydrogen (secondary N) is 3. The average Bonchev–Trinajstić information content (AvgIpc) is 2.95. The molecule has 0 aliphatic rings. The predicted octanol–water partition coefficient (Wildman–Crippen LogP) is -0.338. The molecule has 1 unspecified atom stereocenters. The van der Waals surface area contributed by atoms with Crippen LogP contribution in [0.3, 0.4) is 0 Å². The molecule has 2 heterocycles. The molecule has 2 aromatic rings. The van der Waals surface area contributed by atoms with Crippen LogP contribution in [0.4, 0.5) is 4.79 Å². The van der Waals surface area contributed by atoms with Crippen LogP contribution in [0.1, 0.15) is 19.7 Å². The maximum absolute atomic E-state index is 11.9. The summed E-state index contributed by atoms with van der Waals surface area (Å²) in [4.78, 5) is 43.0. The van der Waals surface area contributed by atoms with E-state index in [9.17, 15) is 14.4 Å². The highest BCUT2D eigenvalue weighted by atomic mass is 32.1. The highest BCUT2D eigenvalue weighted by Crippen LogP contribution is 2.13. The van der Waals surface area contributed by atoms with Gasteiger partial charge >= 0.3 is 6.09 Å². The number of carbonyl (C=O) groups is 2. The van der Waals surface area contributed by atoms with E-state index in [2.05, 4.69) is 20.0 Å². The summed E-state index contributed by atoms with van der Waals surface area (Å²) in [7, 11) is 0. The van der Waals surface area contributed by atoms with Gasteiger partial charge in [0, 0.05) is 0 Å². The molecule has 0 aliphatic heterocycles. The fourth-order valence-electron chi connectivity index (χ4n) is 2.11. The van der Waals surface area contributed by atoms with Crippen molar-refractivity contribution in [2.45, 2.75) is 20.4 Å². The second-order valence-corrected chi connectivity index (χ2v) is 5.79. The van der Waals surface area contributed by atoms with Crippen LogP contribution in [0, 0.1) is 0 Å². The molecule has 0 saturated heterocycles. The molecule has 9 heteroatoms. The summed E-state index contributed by atoms with van der Waals surface area (Å²) in [6, 6.07) is 1.79. The number of aromatic amines is 1. The summed E-state index contributed by atoms with van der Waals surface area (Å²) in [5, 5.41) is 3.97. The Morgan fingerprint density at radius 1 is 1.43 bits per heavy atom. The third-order valence-corrected chi connectivity index (χ3v) is 4.11. The van der Waals surface area contributed by atoms with Gasteiger partial charge < -0.3 is 14.6 Å². The highest BCUT2D eigenvalue weighted by molar-refractivity contribution is 7.17. The third-order valence-electron chi connectivity index (χ3n) is 3.21. The van der Waals surface area contributed by atoms with Gasteiger partial charge in [0.2, 0.25) is 0 Å². The number of likely N-dealkylation sites (N-methyl/N-ethyl adjacent to an activating group) is 1. The van der Waals surface area contributed by atoms with Gasteiger partial charge in [-0.3, -0.25) is 14.9 Å². The zero-order chi connectivity index (χ0) is 16.8. The standard InChI is InChI=1S/C14H18N4O4S/c1-3-18(8-11(19)17-14(21)22-4-2)7-10-15-9-5-6-23-12(9)13(20)16-10/h5-6H,3-4,7-8H2,1-2H3,(H,15,16,20)(H,17,19,21)/p+1. The van der Waals surface area contributed by atoms with E-state index < -0.39 is 12.0 Å². The quantitative estimate of drug-likeness (QED) is 0.668. The number of amides is 2. The summed E-state index contributed by atoms with van der Waals surface area (Å²) in [5.74, 6) is 0.0842. The lowest BCUT2D eigenvalue weighted by Crippen LogP contribution is -3.11. The zero-order valence-corrected chi connectivity index (χ0v) is 13.8. The van der Waals surface area contributed by atoms with Crippen LogP contribution < -0.4 is 15.8 Å². The molecule has 0 aliphatic carbocycles. The molecule has 0 saturated carbocycles. The Morgan fingerprint density at radius 2 is 2.22 bits per heavy atom. The summed E-state index contributed by atoms with van der Waals surface area (Å²) in [6.07, 6.45) is -0.751. The first-order valence-corrected chi connectivity index (χ1v) is 8.18. The SMILES string of the molecule is CCOC(=O)NC(=O)C[NH+](CC)Cc1nc2ccsc2c(=O)[nH]1. The lowest BCUT2D eigenvalue weighted by Gasteiger charge is -2.16. The Hall–Kier alpha value is -2.26. The monoisotopic (exact) mass is 339 g/mol. The van der Waals surface area contributed by atoms with E-state index in [-0.39, 0.29) is 18.7 Å². The van der Waals surface area contributed by atoms with Crippen molar-refractivity contribution in [1.82, 2.24) is 15.3 Å². The van der Waals surface area contributed by atoms with Crippen LogP contribution in [0.2, 0.25) is 0 Å². The van der Waals surface area contributed by atoms with Crippen LogP contribution in [-0.4, -0.2) is 41.7 Å². The Bertz CT molecular complexity index is 755. The number of H-pyrrole nitrogens is 1. The van der Waals surface area contributed by atoms with Gasteiger partial charge in [-0.05, 0) is 25.3 Å². The van der Waals surface area contributed by atoms with Gasteiger partial charge in [0.05, 0.1) is 18.7 Å². The molecule has 2 amide bonds. The summed E-state index contributed by atoms with van der Waals surface area (Å²) in [6.45, 7) is 4.88. The van der Waals surface area contributed by atoms with Crippen molar-refractivity contribution >= 4 is 33.6 Å². The smallest absolute Gasteiger partial charge is 0.414 e. The fraction of sp³-hybridized carbons (Fsp3) is 0.429. The van der Waals surface area contributed by atoms with Crippen molar-refractivity contribution in [2.24, 2.45) is 0 Å². The van der Waals surface area contributed by atoms with E-state index in [0.717, 1.165) is 4.90 Å². The average molecular weight is 339 g/mol. The molecule has 23 heavy (non-hydrogen) atoms. The van der Waals surface area contributed by atoms with Gasteiger partial charge in [0.1, 0.15) is 11.2 Å². The molecule has 2 rings (SSSR count). The molecule has 0 spiro atoms. The number of alkyl carbamates (subject to hydrolysis) is 1. The molecule has 0 radical (unpaired) electrons. The van der Waals surface area contributed by atoms with E-state index in [1.165, 1.54) is 11.3 Å². The highest BCUT2D eigenvalue weighted by Gasteiger charge is 2.17. The van der Waals surface area contributed by atoms with E-state index in [0.29, 0.717) is 29.1 Å². The molecular formula is C14H19N4O4S+. The molecule has 0 bridgehead atoms. The molecule has 124 valence electrons. The topological polar surface area (TPSA) is 106 Å². The number of quaternary nitrogens is 1. The molecule has 3 N–H and O–H groups in total. The molecule has 8 nitrogen and oxygen atoms in total. The number of fused-ring (bicyclic) bond motifs is 1. The summed E-state index contributed by atoms with van der Waals surface area (Å²) in [5.41, 5.74) is 0.478. The number of ether oxygens (including phenoxy) is 1. The van der Waals surface area contributed by atoms with E-state index in [1.54, 1.807) is 13.0 Å². The van der Waals surface area contributed by atoms with Crippen LogP contribution in [-0.2, 0) is 16.1 Å². The van der Waals surface area contributed by atoms with Crippen LogP contribution in [0.5, 0.6) is 0 Å². The van der Waals surface area contributed by atoms with Crippen molar-refractivity contribution in [3.8, 4) is 0 Å². The van der Waals surface area contributed by atoms with Gasteiger partial charge in [-0.15, -0.1) is 11.3 Å². The Balaban J connectivity index is 2.01. The summed E-state index contributed by atoms with van der Waals surface area (Å²) < 4.78 is 5.25. The Morgan fingerprint density at radius 3 is 2.91 bits per heavy atom. The first-order valence-electron chi connectivity index (χ1n) is 7.30. The number of rotatable bonds is 6. The maximum atomic E-state index is 11.9. The zero-order valence-electron chi connectivity index (χ0n) is 13.0. The normalized spacial score (nSPS) is 12.1. The van der Waals surface area contributed by atoms with Gasteiger partial charge in [0.25, 0.3) is 11.5 Å². The van der Waals surface area contributed by atoms with Crippen LogP contribution in [0.25, 0.3) is 10.2 Å². The van der Waals surface area contributed by atoms with Gasteiger partial charge in [-0.25, -0.2) is 9.78 Å². The molecular weight excluding hydrogens is 320 g/mol. The second-order valence-electron chi connectivity index (χ2n) is 4.87. The van der Waals surface area contributed by atoms with E-state index >= 15 is 0 Å². The van der Waals surface area contributed by atoms with E-state index in [1.807, 2.05) is 12.3 Å². The van der Waals surface area contributed by atoms with E-state index in [4.69, 9.17) is 0 Å². The first kappa shape index (κ1) is 17.1. The van der Waals surface area contributed by atoms with Crippen LogP contribution >= 0.6 is 11.3 Å². The number of hydrogen-bond acceptors (Lipinski definition) is 6. The lowest BCUT2D eigenvalue weighted by molar-refractivity contribution is -0.904. The largest absolute Gasteiger partial charge is 0.450 e. The molecule has 2 aromatic heterocycles. The number of aromatic nitrogens is 2. The number of imide groups is 1.